The summed E-state index contributed by atoms with van der Waals surface area (Å²) in [6.07, 6.45) is 0.810. The molecule has 6 heteroatoms. The summed E-state index contributed by atoms with van der Waals surface area (Å²) in [6.45, 7) is 21.2. The minimum atomic E-state index is -2.01. The largest absolute Gasteiger partial charge is 0.444 e. The molecule has 1 heterocycles. The van der Waals surface area contributed by atoms with Gasteiger partial charge in [0.05, 0.1) is 12.6 Å². The molecule has 1 aliphatic rings. The number of likely N-dealkylation sites (tertiary alicyclic amines) is 1. The maximum absolute atomic E-state index is 12.7. The Morgan fingerprint density at radius 2 is 1.62 bits per heavy atom. The molecule has 1 saturated heterocycles. The molecular formula is C20H41NO4Si. The minimum absolute atomic E-state index is 0.150. The molecule has 1 aliphatic heterocycles. The summed E-state index contributed by atoms with van der Waals surface area (Å²) < 4.78 is 12.2. The lowest BCUT2D eigenvalue weighted by Crippen LogP contribution is -2.54. The zero-order valence-electron chi connectivity index (χ0n) is 18.5. The lowest BCUT2D eigenvalue weighted by atomic mass is 10.2. The molecule has 0 spiro atoms. The smallest absolute Gasteiger partial charge is 0.412 e. The van der Waals surface area contributed by atoms with E-state index in [1.807, 2.05) is 20.8 Å². The topological polar surface area (TPSA) is 59.0 Å². The molecule has 1 amide bonds. The van der Waals surface area contributed by atoms with Crippen molar-refractivity contribution >= 4 is 14.4 Å². The zero-order chi connectivity index (χ0) is 20.5. The van der Waals surface area contributed by atoms with E-state index < -0.39 is 25.7 Å². The van der Waals surface area contributed by atoms with Gasteiger partial charge in [-0.3, -0.25) is 4.90 Å². The molecule has 1 fully saturated rings. The molecule has 0 aromatic rings. The van der Waals surface area contributed by atoms with Gasteiger partial charge in [-0.15, -0.1) is 0 Å². The Morgan fingerprint density at radius 1 is 1.15 bits per heavy atom. The highest BCUT2D eigenvalue weighted by molar-refractivity contribution is 6.77. The van der Waals surface area contributed by atoms with Crippen LogP contribution < -0.4 is 0 Å². The van der Waals surface area contributed by atoms with E-state index in [4.69, 9.17) is 9.16 Å². The molecule has 0 aliphatic carbocycles. The van der Waals surface area contributed by atoms with Crippen LogP contribution in [-0.4, -0.2) is 48.4 Å². The predicted molar refractivity (Wildman–Crippen MR) is 109 cm³/mol. The number of ether oxygens (including phenoxy) is 1. The Bertz CT molecular complexity index is 461. The number of hydrogen-bond acceptors (Lipinski definition) is 4. The number of nitrogens with zero attached hydrogens (tertiary/aromatic N) is 1. The van der Waals surface area contributed by atoms with Gasteiger partial charge in [0.2, 0.25) is 0 Å². The maximum atomic E-state index is 12.7. The van der Waals surface area contributed by atoms with Crippen molar-refractivity contribution in [3.05, 3.63) is 0 Å². The summed E-state index contributed by atoms with van der Waals surface area (Å²) in [4.78, 5) is 14.2. The number of carbonyl (C=O) groups excluding carboxylic acids is 1. The standard InChI is InChI=1S/C20H41NO4Si/c1-14(2)26(15(3)4,16(5)6)24-13-17-11-12-20(10,23)21(17)18(22)25-19(7,8)9/h14-17,23H,11-13H2,1-10H3/t17-,20?/m0/s1. The average molecular weight is 388 g/mol. The second-order valence-electron chi connectivity index (χ2n) is 9.89. The van der Waals surface area contributed by atoms with Crippen LogP contribution in [0.15, 0.2) is 0 Å². The van der Waals surface area contributed by atoms with Gasteiger partial charge in [0.25, 0.3) is 0 Å². The van der Waals surface area contributed by atoms with Crippen molar-refractivity contribution in [1.29, 1.82) is 0 Å². The van der Waals surface area contributed by atoms with E-state index in [0.717, 1.165) is 6.42 Å². The highest BCUT2D eigenvalue weighted by atomic mass is 28.4. The fraction of sp³-hybridized carbons (Fsp3) is 0.950. The Kier molecular flexibility index (Phi) is 7.39. The molecule has 0 aromatic carbocycles. The third-order valence-electron chi connectivity index (χ3n) is 5.66. The molecular weight excluding hydrogens is 346 g/mol. The van der Waals surface area contributed by atoms with Crippen molar-refractivity contribution < 1.29 is 19.1 Å². The lowest BCUT2D eigenvalue weighted by Gasteiger charge is -2.44. The molecule has 1 unspecified atom stereocenters. The van der Waals surface area contributed by atoms with Crippen molar-refractivity contribution in [2.24, 2.45) is 0 Å². The van der Waals surface area contributed by atoms with E-state index in [1.54, 1.807) is 6.92 Å². The van der Waals surface area contributed by atoms with E-state index in [-0.39, 0.29) is 6.04 Å². The maximum Gasteiger partial charge on any atom is 0.412 e. The molecule has 0 aromatic heterocycles. The molecule has 0 radical (unpaired) electrons. The van der Waals surface area contributed by atoms with Crippen LogP contribution in [0.5, 0.6) is 0 Å². The van der Waals surface area contributed by atoms with Crippen LogP contribution in [0, 0.1) is 0 Å². The number of carbonyl (C=O) groups is 1. The highest BCUT2D eigenvalue weighted by Crippen LogP contribution is 2.43. The number of amides is 1. The summed E-state index contributed by atoms with van der Waals surface area (Å²) in [6, 6.07) is -0.150. The van der Waals surface area contributed by atoms with Crippen molar-refractivity contribution in [3.8, 4) is 0 Å². The van der Waals surface area contributed by atoms with Gasteiger partial charge in [0, 0.05) is 0 Å². The summed E-state index contributed by atoms with van der Waals surface area (Å²) in [5.41, 5.74) is -0.320. The Balaban J connectivity index is 3.01. The van der Waals surface area contributed by atoms with Gasteiger partial charge in [-0.2, -0.15) is 0 Å². The molecule has 154 valence electrons. The van der Waals surface area contributed by atoms with Crippen LogP contribution in [0.1, 0.15) is 82.1 Å². The van der Waals surface area contributed by atoms with Crippen LogP contribution >= 0.6 is 0 Å². The Hall–Kier alpha value is -0.593. The molecule has 1 N–H and O–H groups in total. The molecule has 5 nitrogen and oxygen atoms in total. The number of rotatable bonds is 6. The van der Waals surface area contributed by atoms with Gasteiger partial charge in [-0.05, 0) is 57.2 Å². The Labute approximate surface area is 161 Å². The van der Waals surface area contributed by atoms with Crippen molar-refractivity contribution in [1.82, 2.24) is 4.90 Å². The molecule has 1 rings (SSSR count). The van der Waals surface area contributed by atoms with Crippen LogP contribution in [0.4, 0.5) is 4.79 Å². The average Bonchev–Trinajstić information content (AvgIpc) is 2.71. The third-order valence-corrected chi connectivity index (χ3v) is 11.7. The first-order chi connectivity index (χ1) is 11.6. The lowest BCUT2D eigenvalue weighted by molar-refractivity contribution is -0.0868. The summed E-state index contributed by atoms with van der Waals surface area (Å²) in [5.74, 6) is 0. The fourth-order valence-corrected chi connectivity index (χ4v) is 10.1. The number of hydrogen-bond donors (Lipinski definition) is 1. The SMILES string of the molecule is CC(C)[Si](OC[C@@H]1CCC(C)(O)N1C(=O)OC(C)(C)C)(C(C)C)C(C)C. The van der Waals surface area contributed by atoms with E-state index in [1.165, 1.54) is 4.90 Å². The van der Waals surface area contributed by atoms with Crippen LogP contribution in [0.25, 0.3) is 0 Å². The molecule has 0 bridgehead atoms. The second-order valence-corrected chi connectivity index (χ2v) is 15.3. The first-order valence-corrected chi connectivity index (χ1v) is 12.2. The monoisotopic (exact) mass is 387 g/mol. The quantitative estimate of drug-likeness (QED) is 0.629. The predicted octanol–water partition coefficient (Wildman–Crippen LogP) is 5.29. The first-order valence-electron chi connectivity index (χ1n) is 10.0. The highest BCUT2D eigenvalue weighted by Gasteiger charge is 2.49. The fourth-order valence-electron chi connectivity index (χ4n) is 4.64. The molecule has 2 atom stereocenters. The van der Waals surface area contributed by atoms with Crippen LogP contribution in [0.2, 0.25) is 16.6 Å². The van der Waals surface area contributed by atoms with E-state index in [2.05, 4.69) is 41.5 Å². The van der Waals surface area contributed by atoms with Gasteiger partial charge >= 0.3 is 6.09 Å². The second kappa shape index (κ2) is 8.19. The van der Waals surface area contributed by atoms with Crippen molar-refractivity contribution in [2.45, 2.75) is 116 Å². The molecule has 26 heavy (non-hydrogen) atoms. The van der Waals surface area contributed by atoms with E-state index >= 15 is 0 Å². The minimum Gasteiger partial charge on any atom is -0.444 e. The van der Waals surface area contributed by atoms with Gasteiger partial charge in [0.1, 0.15) is 11.3 Å². The van der Waals surface area contributed by atoms with Crippen LogP contribution in [0.3, 0.4) is 0 Å². The van der Waals surface area contributed by atoms with Crippen molar-refractivity contribution in [3.63, 3.8) is 0 Å². The normalized spacial score (nSPS) is 24.8. The zero-order valence-corrected chi connectivity index (χ0v) is 19.5. The van der Waals surface area contributed by atoms with E-state index in [9.17, 15) is 9.90 Å². The third kappa shape index (κ3) is 5.02. The summed E-state index contributed by atoms with van der Waals surface area (Å²) >= 11 is 0. The van der Waals surface area contributed by atoms with E-state index in [0.29, 0.717) is 29.7 Å². The Morgan fingerprint density at radius 3 is 2.00 bits per heavy atom. The van der Waals surface area contributed by atoms with Gasteiger partial charge in [0.15, 0.2) is 8.32 Å². The van der Waals surface area contributed by atoms with Crippen molar-refractivity contribution in [2.75, 3.05) is 6.61 Å². The summed E-state index contributed by atoms with van der Waals surface area (Å²) in [7, 11) is -2.01. The van der Waals surface area contributed by atoms with Gasteiger partial charge < -0.3 is 14.3 Å². The first kappa shape index (κ1) is 23.4. The van der Waals surface area contributed by atoms with Gasteiger partial charge in [-0.1, -0.05) is 41.5 Å². The number of aliphatic hydroxyl groups is 1. The molecule has 0 saturated carbocycles. The summed E-state index contributed by atoms with van der Waals surface area (Å²) in [5, 5.41) is 10.7. The van der Waals surface area contributed by atoms with Gasteiger partial charge in [-0.25, -0.2) is 4.79 Å². The van der Waals surface area contributed by atoms with Crippen LogP contribution in [-0.2, 0) is 9.16 Å².